The Kier molecular flexibility index (Phi) is 7.06. The van der Waals surface area contributed by atoms with E-state index in [1.165, 1.54) is 12.1 Å². The minimum Gasteiger partial charge on any atom is -0.493 e. The van der Waals surface area contributed by atoms with Crippen molar-refractivity contribution >= 4 is 25.9 Å². The molecule has 9 nitrogen and oxygen atoms in total. The third-order valence-corrected chi connectivity index (χ3v) is 4.21. The van der Waals surface area contributed by atoms with Crippen LogP contribution in [0.4, 0.5) is 5.69 Å². The normalized spacial score (nSPS) is 12.1. The Bertz CT molecular complexity index is 715. The molecule has 0 unspecified atom stereocenters. The van der Waals surface area contributed by atoms with E-state index in [0.29, 0.717) is 11.5 Å². The van der Waals surface area contributed by atoms with Crippen LogP contribution in [0, 0.1) is 0 Å². The third-order valence-electron chi connectivity index (χ3n) is 2.60. The van der Waals surface area contributed by atoms with E-state index in [2.05, 4.69) is 0 Å². The number of benzene rings is 1. The van der Waals surface area contributed by atoms with Crippen molar-refractivity contribution in [3.05, 3.63) is 18.2 Å². The summed E-state index contributed by atoms with van der Waals surface area (Å²) in [5.74, 6) is -0.0481. The average molecular weight is 369 g/mol. The molecule has 0 saturated heterocycles. The Morgan fingerprint density at radius 3 is 1.91 bits per heavy atom. The van der Waals surface area contributed by atoms with Gasteiger partial charge in [-0.05, 0) is 25.0 Å². The molecule has 1 aromatic rings. The van der Waals surface area contributed by atoms with Crippen LogP contribution in [0.15, 0.2) is 18.2 Å². The average Bonchev–Trinajstić information content (AvgIpc) is 2.39. The summed E-state index contributed by atoms with van der Waals surface area (Å²) >= 11 is 0. The molecule has 0 aromatic heterocycles. The van der Waals surface area contributed by atoms with Crippen molar-refractivity contribution in [1.82, 2.24) is 0 Å². The molecule has 1 rings (SSSR count). The molecule has 0 spiro atoms. The maximum Gasteiger partial charge on any atom is 0.264 e. The van der Waals surface area contributed by atoms with Gasteiger partial charge in [-0.2, -0.15) is 16.8 Å². The molecule has 132 valence electrons. The Labute approximate surface area is 134 Å². The SMILES string of the molecule is Nc1cc(OCCCS(=O)(=O)O)ccc1OCCCS(=O)(=O)O. The number of nitrogen functional groups attached to an aromatic ring is 1. The van der Waals surface area contributed by atoms with E-state index in [-0.39, 0.29) is 31.7 Å². The summed E-state index contributed by atoms with van der Waals surface area (Å²) < 4.78 is 69.9. The highest BCUT2D eigenvalue weighted by molar-refractivity contribution is 7.86. The maximum atomic E-state index is 10.5. The van der Waals surface area contributed by atoms with E-state index in [4.69, 9.17) is 24.3 Å². The van der Waals surface area contributed by atoms with Gasteiger partial charge in [-0.25, -0.2) is 0 Å². The van der Waals surface area contributed by atoms with E-state index in [1.54, 1.807) is 6.07 Å². The predicted octanol–water partition coefficient (Wildman–Crippen LogP) is 0.582. The van der Waals surface area contributed by atoms with Crippen LogP contribution in [-0.2, 0) is 20.2 Å². The number of hydrogen-bond acceptors (Lipinski definition) is 7. The highest BCUT2D eigenvalue weighted by atomic mass is 32.2. The summed E-state index contributed by atoms with van der Waals surface area (Å²) in [4.78, 5) is 0. The molecule has 0 aliphatic rings. The van der Waals surface area contributed by atoms with E-state index in [0.717, 1.165) is 0 Å². The molecule has 0 amide bonds. The lowest BCUT2D eigenvalue weighted by molar-refractivity contribution is 0.309. The van der Waals surface area contributed by atoms with Crippen molar-refractivity contribution in [3.63, 3.8) is 0 Å². The zero-order valence-corrected chi connectivity index (χ0v) is 13.8. The minimum absolute atomic E-state index is 0.0680. The molecule has 23 heavy (non-hydrogen) atoms. The van der Waals surface area contributed by atoms with Crippen molar-refractivity contribution in [2.24, 2.45) is 0 Å². The largest absolute Gasteiger partial charge is 0.493 e. The molecule has 0 bridgehead atoms. The second kappa shape index (κ2) is 8.34. The molecule has 0 atom stereocenters. The summed E-state index contributed by atoms with van der Waals surface area (Å²) in [7, 11) is -8.01. The lowest BCUT2D eigenvalue weighted by Crippen LogP contribution is -2.09. The summed E-state index contributed by atoms with van der Waals surface area (Å²) in [5, 5.41) is 0. The van der Waals surface area contributed by atoms with E-state index in [1.807, 2.05) is 0 Å². The smallest absolute Gasteiger partial charge is 0.264 e. The second-order valence-electron chi connectivity index (χ2n) is 4.68. The topological polar surface area (TPSA) is 153 Å². The molecular weight excluding hydrogens is 350 g/mol. The molecule has 0 saturated carbocycles. The number of rotatable bonds is 10. The summed E-state index contributed by atoms with van der Waals surface area (Å²) in [5.41, 5.74) is 6.02. The van der Waals surface area contributed by atoms with Crippen LogP contribution < -0.4 is 15.2 Å². The Morgan fingerprint density at radius 1 is 0.913 bits per heavy atom. The van der Waals surface area contributed by atoms with Crippen LogP contribution in [0.1, 0.15) is 12.8 Å². The quantitative estimate of drug-likeness (QED) is 0.305. The molecular formula is C12H19NO8S2. The summed E-state index contributed by atoms with van der Waals surface area (Å²) in [6, 6.07) is 4.56. The zero-order chi connectivity index (χ0) is 17.5. The molecule has 0 heterocycles. The standard InChI is InChI=1S/C12H19NO8S2/c13-11-9-10(20-5-1-7-22(14,15)16)3-4-12(11)21-6-2-8-23(17,18)19/h3-4,9H,1-2,5-8,13H2,(H,14,15,16)(H,17,18,19). The van der Waals surface area contributed by atoms with Gasteiger partial charge in [-0.15, -0.1) is 0 Å². The Balaban J connectivity index is 2.42. The first kappa shape index (κ1) is 19.5. The van der Waals surface area contributed by atoms with Crippen LogP contribution in [0.2, 0.25) is 0 Å². The highest BCUT2D eigenvalue weighted by Crippen LogP contribution is 2.26. The van der Waals surface area contributed by atoms with Crippen LogP contribution in [0.3, 0.4) is 0 Å². The van der Waals surface area contributed by atoms with Gasteiger partial charge < -0.3 is 15.2 Å². The second-order valence-corrected chi connectivity index (χ2v) is 7.82. The first-order valence-electron chi connectivity index (χ1n) is 6.62. The van der Waals surface area contributed by atoms with Crippen molar-refractivity contribution in [3.8, 4) is 11.5 Å². The van der Waals surface area contributed by atoms with Gasteiger partial charge in [0.1, 0.15) is 11.5 Å². The van der Waals surface area contributed by atoms with Crippen molar-refractivity contribution in [2.75, 3.05) is 30.5 Å². The monoisotopic (exact) mass is 369 g/mol. The number of nitrogens with two attached hydrogens (primary N) is 1. The summed E-state index contributed by atoms with van der Waals surface area (Å²) in [6.07, 6.45) is 0.249. The van der Waals surface area contributed by atoms with Crippen molar-refractivity contribution < 1.29 is 35.4 Å². The number of ether oxygens (including phenoxy) is 2. The number of hydrogen-bond donors (Lipinski definition) is 3. The van der Waals surface area contributed by atoms with Gasteiger partial charge in [-0.3, -0.25) is 9.11 Å². The molecule has 1 aromatic carbocycles. The van der Waals surface area contributed by atoms with Gasteiger partial charge in [0.05, 0.1) is 30.4 Å². The van der Waals surface area contributed by atoms with Gasteiger partial charge >= 0.3 is 0 Å². The molecule has 11 heteroatoms. The first-order valence-corrected chi connectivity index (χ1v) is 9.84. The fourth-order valence-corrected chi connectivity index (χ4v) is 2.57. The zero-order valence-electron chi connectivity index (χ0n) is 12.2. The van der Waals surface area contributed by atoms with Crippen LogP contribution in [0.5, 0.6) is 11.5 Å². The third kappa shape index (κ3) is 9.23. The molecule has 0 aliphatic carbocycles. The van der Waals surface area contributed by atoms with Gasteiger partial charge in [0.25, 0.3) is 20.2 Å². The predicted molar refractivity (Wildman–Crippen MR) is 83.9 cm³/mol. The molecule has 0 radical (unpaired) electrons. The molecule has 4 N–H and O–H groups in total. The fourth-order valence-electron chi connectivity index (χ4n) is 1.60. The summed E-state index contributed by atoms with van der Waals surface area (Å²) in [6.45, 7) is 0.159. The van der Waals surface area contributed by atoms with Crippen molar-refractivity contribution in [2.45, 2.75) is 12.8 Å². The number of anilines is 1. The van der Waals surface area contributed by atoms with Crippen LogP contribution in [0.25, 0.3) is 0 Å². The van der Waals surface area contributed by atoms with Crippen LogP contribution >= 0.6 is 0 Å². The first-order chi connectivity index (χ1) is 10.6. The van der Waals surface area contributed by atoms with Crippen LogP contribution in [-0.4, -0.2) is 50.7 Å². The highest BCUT2D eigenvalue weighted by Gasteiger charge is 2.07. The van der Waals surface area contributed by atoms with Gasteiger partial charge in [-0.1, -0.05) is 0 Å². The van der Waals surface area contributed by atoms with Gasteiger partial charge in [0, 0.05) is 6.07 Å². The van der Waals surface area contributed by atoms with E-state index in [9.17, 15) is 16.8 Å². The lowest BCUT2D eigenvalue weighted by atomic mass is 10.3. The van der Waals surface area contributed by atoms with E-state index < -0.39 is 31.7 Å². The van der Waals surface area contributed by atoms with Gasteiger partial charge in [0.2, 0.25) is 0 Å². The Hall–Kier alpha value is -1.56. The molecule has 0 aliphatic heterocycles. The lowest BCUT2D eigenvalue weighted by Gasteiger charge is -2.11. The fraction of sp³-hybridized carbons (Fsp3) is 0.500. The van der Waals surface area contributed by atoms with Gasteiger partial charge in [0.15, 0.2) is 0 Å². The van der Waals surface area contributed by atoms with E-state index >= 15 is 0 Å². The Morgan fingerprint density at radius 2 is 1.43 bits per heavy atom. The van der Waals surface area contributed by atoms with Crippen molar-refractivity contribution in [1.29, 1.82) is 0 Å². The maximum absolute atomic E-state index is 10.5. The molecule has 0 fully saturated rings. The minimum atomic E-state index is -4.01.